The van der Waals surface area contributed by atoms with Crippen molar-refractivity contribution in [1.29, 1.82) is 5.26 Å². The zero-order valence-corrected chi connectivity index (χ0v) is 10.4. The zero-order valence-electron chi connectivity index (χ0n) is 10.4. The molecule has 0 amide bonds. The Morgan fingerprint density at radius 2 is 2.35 bits per heavy atom. The van der Waals surface area contributed by atoms with Crippen molar-refractivity contribution in [1.82, 2.24) is 9.88 Å². The van der Waals surface area contributed by atoms with Crippen LogP contribution in [0.3, 0.4) is 0 Å². The van der Waals surface area contributed by atoms with E-state index < -0.39 is 0 Å². The van der Waals surface area contributed by atoms with Gasteiger partial charge in [0.25, 0.3) is 0 Å². The summed E-state index contributed by atoms with van der Waals surface area (Å²) in [6.07, 6.45) is 2.38. The summed E-state index contributed by atoms with van der Waals surface area (Å²) in [5.41, 5.74) is 1.56. The summed E-state index contributed by atoms with van der Waals surface area (Å²) >= 11 is 0. The Morgan fingerprint density at radius 1 is 1.53 bits per heavy atom. The van der Waals surface area contributed by atoms with Crippen molar-refractivity contribution in [2.75, 3.05) is 25.5 Å². The Kier molecular flexibility index (Phi) is 3.60. The number of hydrogen-bond donors (Lipinski definition) is 1. The predicted molar refractivity (Wildman–Crippen MR) is 67.8 cm³/mol. The van der Waals surface area contributed by atoms with E-state index in [1.807, 2.05) is 13.0 Å². The van der Waals surface area contributed by atoms with Crippen LogP contribution < -0.4 is 5.32 Å². The minimum atomic E-state index is 0.439. The molecule has 90 valence electrons. The van der Waals surface area contributed by atoms with E-state index in [0.29, 0.717) is 11.6 Å². The molecule has 0 spiro atoms. The van der Waals surface area contributed by atoms with Crippen LogP contribution in [0, 0.1) is 18.3 Å². The molecule has 1 saturated heterocycles. The molecule has 0 bridgehead atoms. The largest absolute Gasteiger partial charge is 0.366 e. The van der Waals surface area contributed by atoms with Gasteiger partial charge >= 0.3 is 0 Å². The monoisotopic (exact) mass is 230 g/mol. The lowest BCUT2D eigenvalue weighted by atomic mass is 10.1. The molecule has 4 heteroatoms. The van der Waals surface area contributed by atoms with Crippen LogP contribution in [-0.4, -0.2) is 36.1 Å². The highest BCUT2D eigenvalue weighted by Gasteiger charge is 2.17. The fourth-order valence-corrected chi connectivity index (χ4v) is 2.30. The molecule has 1 unspecified atom stereocenters. The van der Waals surface area contributed by atoms with E-state index in [-0.39, 0.29) is 0 Å². The Bertz CT molecular complexity index is 436. The van der Waals surface area contributed by atoms with Crippen molar-refractivity contribution < 1.29 is 0 Å². The molecule has 2 rings (SSSR count). The number of nitrogens with one attached hydrogen (secondary N) is 1. The zero-order chi connectivity index (χ0) is 12.3. The first-order chi connectivity index (χ1) is 8.17. The number of aromatic nitrogens is 1. The van der Waals surface area contributed by atoms with Gasteiger partial charge in [0.15, 0.2) is 0 Å². The Hall–Kier alpha value is -1.60. The SMILES string of the molecule is Cc1cc(C#N)cc(NC2CCCN(C)C2)n1. The lowest BCUT2D eigenvalue weighted by molar-refractivity contribution is 0.261. The highest BCUT2D eigenvalue weighted by molar-refractivity contribution is 5.45. The number of pyridine rings is 1. The first kappa shape index (κ1) is 11.9. The number of aryl methyl sites for hydroxylation is 1. The maximum absolute atomic E-state index is 8.92. The molecule has 1 aromatic rings. The van der Waals surface area contributed by atoms with Crippen LogP contribution in [0.4, 0.5) is 5.82 Å². The number of hydrogen-bond acceptors (Lipinski definition) is 4. The highest BCUT2D eigenvalue weighted by atomic mass is 15.1. The van der Waals surface area contributed by atoms with E-state index in [1.165, 1.54) is 19.4 Å². The van der Waals surface area contributed by atoms with Crippen molar-refractivity contribution in [2.24, 2.45) is 0 Å². The van der Waals surface area contributed by atoms with Crippen molar-refractivity contribution in [3.63, 3.8) is 0 Å². The van der Waals surface area contributed by atoms with Crippen LogP contribution in [0.5, 0.6) is 0 Å². The summed E-state index contributed by atoms with van der Waals surface area (Å²) in [6.45, 7) is 4.12. The fraction of sp³-hybridized carbons (Fsp3) is 0.538. The van der Waals surface area contributed by atoms with Gasteiger partial charge in [-0.2, -0.15) is 5.26 Å². The number of likely N-dealkylation sites (tertiary alicyclic amines) is 1. The second-order valence-electron chi connectivity index (χ2n) is 4.74. The highest BCUT2D eigenvalue weighted by Crippen LogP contribution is 2.15. The smallest absolute Gasteiger partial charge is 0.127 e. The molecular formula is C13H18N4. The van der Waals surface area contributed by atoms with Gasteiger partial charge in [0.05, 0.1) is 11.6 Å². The maximum Gasteiger partial charge on any atom is 0.127 e. The summed E-state index contributed by atoms with van der Waals surface area (Å²) in [5, 5.41) is 12.3. The first-order valence-corrected chi connectivity index (χ1v) is 6.01. The van der Waals surface area contributed by atoms with Gasteiger partial charge in [-0.15, -0.1) is 0 Å². The number of rotatable bonds is 2. The van der Waals surface area contributed by atoms with Crippen LogP contribution in [0.25, 0.3) is 0 Å². The van der Waals surface area contributed by atoms with E-state index in [9.17, 15) is 0 Å². The Balaban J connectivity index is 2.07. The molecule has 4 nitrogen and oxygen atoms in total. The van der Waals surface area contributed by atoms with Crippen molar-refractivity contribution in [2.45, 2.75) is 25.8 Å². The third-order valence-corrected chi connectivity index (χ3v) is 3.06. The van der Waals surface area contributed by atoms with E-state index in [0.717, 1.165) is 18.1 Å². The minimum Gasteiger partial charge on any atom is -0.366 e. The molecule has 0 aromatic carbocycles. The quantitative estimate of drug-likeness (QED) is 0.841. The number of nitriles is 1. The Morgan fingerprint density at radius 3 is 3.06 bits per heavy atom. The summed E-state index contributed by atoms with van der Waals surface area (Å²) in [6, 6.07) is 6.23. The molecule has 1 atom stereocenters. The molecule has 1 aliphatic heterocycles. The Labute approximate surface area is 102 Å². The number of anilines is 1. The fourth-order valence-electron chi connectivity index (χ4n) is 2.30. The average molecular weight is 230 g/mol. The van der Waals surface area contributed by atoms with Crippen molar-refractivity contribution in [3.05, 3.63) is 23.4 Å². The lowest BCUT2D eigenvalue weighted by Crippen LogP contribution is -2.39. The van der Waals surface area contributed by atoms with Gasteiger partial charge in [-0.25, -0.2) is 4.98 Å². The van der Waals surface area contributed by atoms with Crippen molar-refractivity contribution in [3.8, 4) is 6.07 Å². The summed E-state index contributed by atoms with van der Waals surface area (Å²) < 4.78 is 0. The molecule has 0 saturated carbocycles. The standard InChI is InChI=1S/C13H18N4/c1-10-6-11(8-14)7-13(15-10)16-12-4-3-5-17(2)9-12/h6-7,12H,3-5,9H2,1-2H3,(H,15,16). The van der Waals surface area contributed by atoms with E-state index >= 15 is 0 Å². The molecular weight excluding hydrogens is 212 g/mol. The van der Waals surface area contributed by atoms with Gasteiger partial charge in [-0.1, -0.05) is 0 Å². The van der Waals surface area contributed by atoms with Crippen LogP contribution in [-0.2, 0) is 0 Å². The van der Waals surface area contributed by atoms with Gasteiger partial charge in [0.2, 0.25) is 0 Å². The van der Waals surface area contributed by atoms with Gasteiger partial charge in [-0.05, 0) is 45.5 Å². The van der Waals surface area contributed by atoms with Gasteiger partial charge < -0.3 is 10.2 Å². The second kappa shape index (κ2) is 5.15. The average Bonchev–Trinajstić information content (AvgIpc) is 2.28. The topological polar surface area (TPSA) is 52.0 Å². The third-order valence-electron chi connectivity index (χ3n) is 3.06. The van der Waals surface area contributed by atoms with Crippen molar-refractivity contribution >= 4 is 5.82 Å². The third kappa shape index (κ3) is 3.18. The van der Waals surface area contributed by atoms with Gasteiger partial charge in [-0.3, -0.25) is 0 Å². The number of likely N-dealkylation sites (N-methyl/N-ethyl adjacent to an activating group) is 1. The van der Waals surface area contributed by atoms with Gasteiger partial charge in [0, 0.05) is 18.3 Å². The molecule has 0 radical (unpaired) electrons. The molecule has 1 fully saturated rings. The maximum atomic E-state index is 8.92. The second-order valence-corrected chi connectivity index (χ2v) is 4.74. The predicted octanol–water partition coefficient (Wildman–Crippen LogP) is 1.77. The normalized spacial score (nSPS) is 20.9. The molecule has 2 heterocycles. The molecule has 17 heavy (non-hydrogen) atoms. The van der Waals surface area contributed by atoms with E-state index in [4.69, 9.17) is 5.26 Å². The van der Waals surface area contributed by atoms with E-state index in [1.54, 1.807) is 6.07 Å². The summed E-state index contributed by atoms with van der Waals surface area (Å²) in [7, 11) is 2.14. The molecule has 1 N–H and O–H groups in total. The van der Waals surface area contributed by atoms with Crippen LogP contribution in [0.1, 0.15) is 24.1 Å². The molecule has 1 aromatic heterocycles. The van der Waals surface area contributed by atoms with Crippen LogP contribution in [0.2, 0.25) is 0 Å². The molecule has 1 aliphatic rings. The summed E-state index contributed by atoms with van der Waals surface area (Å²) in [4.78, 5) is 6.74. The minimum absolute atomic E-state index is 0.439. The number of nitrogens with zero attached hydrogens (tertiary/aromatic N) is 3. The number of piperidine rings is 1. The molecule has 0 aliphatic carbocycles. The summed E-state index contributed by atoms with van der Waals surface area (Å²) in [5.74, 6) is 0.821. The van der Waals surface area contributed by atoms with E-state index in [2.05, 4.69) is 28.3 Å². The van der Waals surface area contributed by atoms with Gasteiger partial charge in [0.1, 0.15) is 5.82 Å². The van der Waals surface area contributed by atoms with Crippen LogP contribution in [0.15, 0.2) is 12.1 Å². The lowest BCUT2D eigenvalue weighted by Gasteiger charge is -2.30. The van der Waals surface area contributed by atoms with Crippen LogP contribution >= 0.6 is 0 Å². The first-order valence-electron chi connectivity index (χ1n) is 6.01.